The van der Waals surface area contributed by atoms with E-state index in [1.165, 1.54) is 6.20 Å². The number of imidazole rings is 1. The zero-order valence-corrected chi connectivity index (χ0v) is 23.5. The van der Waals surface area contributed by atoms with Gasteiger partial charge in [-0.3, -0.25) is 23.5 Å². The van der Waals surface area contributed by atoms with Gasteiger partial charge in [-0.2, -0.15) is 9.97 Å². The molecule has 0 bridgehead atoms. The number of fused-ring (bicyclic) bond motifs is 1. The summed E-state index contributed by atoms with van der Waals surface area (Å²) in [5, 5.41) is 41.4. The van der Waals surface area contributed by atoms with Gasteiger partial charge in [0.05, 0.1) is 23.1 Å². The Morgan fingerprint density at radius 3 is 2.49 bits per heavy atom. The minimum absolute atomic E-state index is 0.0631. The average Bonchev–Trinajstić information content (AvgIpc) is 3.54. The molecule has 41 heavy (non-hydrogen) atoms. The van der Waals surface area contributed by atoms with Crippen molar-refractivity contribution >= 4 is 53.3 Å². The van der Waals surface area contributed by atoms with Gasteiger partial charge >= 0.3 is 5.69 Å². The second-order valence-electron chi connectivity index (χ2n) is 9.04. The fourth-order valence-corrected chi connectivity index (χ4v) is 5.81. The highest BCUT2D eigenvalue weighted by Gasteiger charge is 2.48. The van der Waals surface area contributed by atoms with Crippen molar-refractivity contribution in [3.05, 3.63) is 36.9 Å². The summed E-state index contributed by atoms with van der Waals surface area (Å²) in [6.07, 6.45) is -10.1. The summed E-state index contributed by atoms with van der Waals surface area (Å²) in [5.74, 6) is -0.308. The van der Waals surface area contributed by atoms with Crippen molar-refractivity contribution in [3.8, 4) is 0 Å². The fourth-order valence-electron chi connectivity index (χ4n) is 4.44. The summed E-state index contributed by atoms with van der Waals surface area (Å²) in [6, 6.07) is 0. The highest BCUT2D eigenvalue weighted by Crippen LogP contribution is 2.46. The van der Waals surface area contributed by atoms with Gasteiger partial charge in [0.1, 0.15) is 42.4 Å². The van der Waals surface area contributed by atoms with Crippen LogP contribution in [0.3, 0.4) is 0 Å². The molecule has 2 fully saturated rings. The first-order chi connectivity index (χ1) is 19.3. The Balaban J connectivity index is 1.28. The van der Waals surface area contributed by atoms with Crippen LogP contribution in [0.1, 0.15) is 12.5 Å². The Bertz CT molecular complexity index is 1620. The Hall–Kier alpha value is -2.57. The number of nitrogens with two attached hydrogens (primary N) is 2. The second-order valence-corrected chi connectivity index (χ2v) is 11.6. The number of nitrogens with zero attached hydrogens (tertiary/aromatic N) is 5. The standard InChI is InChI=1S/C19H24IN8O12P/c20-5-1-27(19(34)24-13(5)21)17-11(32)12(6(2-29)38-17)40-41(35,36)37-3-7-9(30)10(31)16(39-7)28-4-23-8-14(28)25-18(22)26-15(8)33/h1,4,6-7,9-12,16-17,29-32H,2-3H2,(H,35,36)(H2,21,24,34)(H3,22,25,26,33)/p-1. The molecule has 2 saturated heterocycles. The third kappa shape index (κ3) is 5.62. The number of halogens is 1. The summed E-state index contributed by atoms with van der Waals surface area (Å²) < 4.78 is 35.8. The van der Waals surface area contributed by atoms with E-state index in [1.54, 1.807) is 22.6 Å². The number of nitrogens with one attached hydrogen (secondary N) is 1. The van der Waals surface area contributed by atoms with Crippen LogP contribution in [0.5, 0.6) is 0 Å². The molecule has 3 aromatic heterocycles. The number of H-pyrrole nitrogens is 1. The highest BCUT2D eigenvalue weighted by molar-refractivity contribution is 14.1. The first kappa shape index (κ1) is 29.9. The van der Waals surface area contributed by atoms with Crippen molar-refractivity contribution in [2.24, 2.45) is 0 Å². The summed E-state index contributed by atoms with van der Waals surface area (Å²) in [6.45, 7) is -1.65. The SMILES string of the molecule is Nc1nc2c(ncn2C2OC(COP(=O)([O-])OC3C(CO)OC(n4cc(I)c(N)nc4=O)C3O)C(O)C2O)c(=O)[nH]1. The number of aromatic amines is 1. The fraction of sp³-hybridized carbons (Fsp3) is 0.526. The van der Waals surface area contributed by atoms with Gasteiger partial charge in [0.15, 0.2) is 23.6 Å². The molecular formula is C19H23IN8O12P-. The number of rotatable bonds is 8. The van der Waals surface area contributed by atoms with Gasteiger partial charge in [-0.05, 0) is 22.6 Å². The molecule has 2 aliphatic rings. The van der Waals surface area contributed by atoms with Crippen LogP contribution in [0.4, 0.5) is 11.8 Å². The minimum atomic E-state index is -5.30. The van der Waals surface area contributed by atoms with Crippen LogP contribution in [0.2, 0.25) is 0 Å². The van der Waals surface area contributed by atoms with Crippen molar-refractivity contribution in [1.82, 2.24) is 29.1 Å². The largest absolute Gasteiger partial charge is 0.756 e. The van der Waals surface area contributed by atoms with E-state index in [2.05, 4.69) is 19.9 Å². The molecule has 224 valence electrons. The molecule has 0 spiro atoms. The van der Waals surface area contributed by atoms with E-state index < -0.39 is 81.4 Å². The molecule has 20 nitrogen and oxygen atoms in total. The van der Waals surface area contributed by atoms with Crippen molar-refractivity contribution in [1.29, 1.82) is 0 Å². The summed E-state index contributed by atoms with van der Waals surface area (Å²) in [4.78, 5) is 50.7. The molecule has 5 rings (SSSR count). The van der Waals surface area contributed by atoms with Crippen LogP contribution < -0.4 is 27.6 Å². The molecule has 9 unspecified atom stereocenters. The van der Waals surface area contributed by atoms with Crippen LogP contribution in [0.15, 0.2) is 22.1 Å². The Labute approximate surface area is 241 Å². The molecule has 9 atom stereocenters. The number of aliphatic hydroxyl groups is 4. The van der Waals surface area contributed by atoms with Gasteiger partial charge in [-0.25, -0.2) is 9.78 Å². The van der Waals surface area contributed by atoms with Gasteiger partial charge < -0.3 is 55.3 Å². The molecule has 0 aliphatic carbocycles. The topological polar surface area (TPSA) is 308 Å². The predicted molar refractivity (Wildman–Crippen MR) is 140 cm³/mol. The van der Waals surface area contributed by atoms with Crippen LogP contribution in [-0.2, 0) is 23.1 Å². The van der Waals surface area contributed by atoms with E-state index >= 15 is 0 Å². The molecule has 5 heterocycles. The number of hydrogen-bond acceptors (Lipinski definition) is 17. The van der Waals surface area contributed by atoms with Crippen LogP contribution >= 0.6 is 30.4 Å². The number of aliphatic hydroxyl groups excluding tert-OH is 4. The molecule has 3 aromatic rings. The van der Waals surface area contributed by atoms with E-state index in [1.807, 2.05) is 0 Å². The number of phosphoric ester groups is 1. The van der Waals surface area contributed by atoms with Gasteiger partial charge in [0.2, 0.25) is 5.95 Å². The molecule has 22 heteroatoms. The Morgan fingerprint density at radius 1 is 1.10 bits per heavy atom. The lowest BCUT2D eigenvalue weighted by Crippen LogP contribution is -2.39. The van der Waals surface area contributed by atoms with E-state index in [0.717, 1.165) is 15.5 Å². The molecule has 0 aromatic carbocycles. The Kier molecular flexibility index (Phi) is 8.21. The zero-order chi connectivity index (χ0) is 29.8. The maximum atomic E-state index is 12.7. The van der Waals surface area contributed by atoms with Gasteiger partial charge in [-0.1, -0.05) is 0 Å². The lowest BCUT2D eigenvalue weighted by atomic mass is 10.1. The molecule has 2 aliphatic heterocycles. The van der Waals surface area contributed by atoms with Crippen molar-refractivity contribution in [2.75, 3.05) is 24.7 Å². The zero-order valence-electron chi connectivity index (χ0n) is 20.5. The first-order valence-corrected chi connectivity index (χ1v) is 14.2. The normalized spacial score (nSPS) is 31.6. The highest BCUT2D eigenvalue weighted by atomic mass is 127. The van der Waals surface area contributed by atoms with Crippen molar-refractivity contribution in [2.45, 2.75) is 49.1 Å². The second kappa shape index (κ2) is 11.3. The third-order valence-corrected chi connectivity index (χ3v) is 8.21. The van der Waals surface area contributed by atoms with E-state index in [9.17, 15) is 39.5 Å². The lowest BCUT2D eigenvalue weighted by molar-refractivity contribution is -0.236. The van der Waals surface area contributed by atoms with Crippen LogP contribution in [0.25, 0.3) is 11.2 Å². The van der Waals surface area contributed by atoms with Crippen LogP contribution in [0, 0.1) is 3.57 Å². The quantitative estimate of drug-likeness (QED) is 0.0861. The van der Waals surface area contributed by atoms with Crippen LogP contribution in [-0.4, -0.2) is 99.3 Å². The maximum absolute atomic E-state index is 12.7. The average molecular weight is 713 g/mol. The summed E-state index contributed by atoms with van der Waals surface area (Å²) in [5.41, 5.74) is 9.42. The van der Waals surface area contributed by atoms with E-state index in [0.29, 0.717) is 3.57 Å². The lowest BCUT2D eigenvalue weighted by Gasteiger charge is -2.30. The molecule has 0 saturated carbocycles. The first-order valence-electron chi connectivity index (χ1n) is 11.7. The summed E-state index contributed by atoms with van der Waals surface area (Å²) >= 11 is 1.79. The van der Waals surface area contributed by atoms with Gasteiger partial charge in [0, 0.05) is 6.20 Å². The van der Waals surface area contributed by atoms with Gasteiger partial charge in [-0.15, -0.1) is 0 Å². The number of ether oxygens (including phenoxy) is 2. The Morgan fingerprint density at radius 2 is 1.78 bits per heavy atom. The molecule has 0 radical (unpaired) electrons. The third-order valence-electron chi connectivity index (χ3n) is 6.41. The predicted octanol–water partition coefficient (Wildman–Crippen LogP) is -4.11. The number of aromatic nitrogens is 6. The number of nitrogen functional groups attached to an aromatic ring is 2. The smallest absolute Gasteiger partial charge is 0.351 e. The van der Waals surface area contributed by atoms with Crippen molar-refractivity contribution < 1.29 is 48.4 Å². The van der Waals surface area contributed by atoms with Gasteiger partial charge in [0.25, 0.3) is 13.4 Å². The van der Waals surface area contributed by atoms with E-state index in [-0.39, 0.29) is 22.9 Å². The molecule has 0 amide bonds. The molecular weight excluding hydrogens is 690 g/mol. The maximum Gasteiger partial charge on any atom is 0.351 e. The minimum Gasteiger partial charge on any atom is -0.756 e. The summed E-state index contributed by atoms with van der Waals surface area (Å²) in [7, 11) is -5.30. The molecule has 9 N–H and O–H groups in total. The number of hydrogen-bond donors (Lipinski definition) is 7. The van der Waals surface area contributed by atoms with Crippen molar-refractivity contribution in [3.63, 3.8) is 0 Å². The number of phosphoric acid groups is 1. The van der Waals surface area contributed by atoms with E-state index in [4.69, 9.17) is 30.0 Å². The monoisotopic (exact) mass is 713 g/mol. The number of anilines is 2.